The number of rotatable bonds is 4. The Kier molecular flexibility index (Phi) is 3.78. The van der Waals surface area contributed by atoms with E-state index in [9.17, 15) is 18.9 Å². The van der Waals surface area contributed by atoms with Crippen molar-refractivity contribution in [1.82, 2.24) is 0 Å². The molecule has 1 aromatic carbocycles. The van der Waals surface area contributed by atoms with Crippen LogP contribution >= 0.6 is 11.6 Å². The molecule has 0 radical (unpaired) electrons. The lowest BCUT2D eigenvalue weighted by Crippen LogP contribution is -2.07. The van der Waals surface area contributed by atoms with Crippen molar-refractivity contribution in [3.05, 3.63) is 45.5 Å². The Morgan fingerprint density at radius 3 is 2.69 bits per heavy atom. The summed E-state index contributed by atoms with van der Waals surface area (Å²) in [6.45, 7) is 3.22. The first-order valence-electron chi connectivity index (χ1n) is 4.13. The van der Waals surface area contributed by atoms with Crippen LogP contribution in [0.2, 0.25) is 0 Å². The summed E-state index contributed by atoms with van der Waals surface area (Å²) in [5.41, 5.74) is -1.09. The van der Waals surface area contributed by atoms with Gasteiger partial charge in [-0.15, -0.1) is 0 Å². The third-order valence-electron chi connectivity index (χ3n) is 1.73. The number of nitrogens with one attached hydrogen (secondary N) is 1. The number of hydrogen-bond acceptors (Lipinski definition) is 3. The summed E-state index contributed by atoms with van der Waals surface area (Å²) in [5, 5.41) is 13.0. The van der Waals surface area contributed by atoms with Crippen LogP contribution < -0.4 is 5.32 Å². The highest BCUT2D eigenvalue weighted by molar-refractivity contribution is 6.29. The number of halogens is 3. The van der Waals surface area contributed by atoms with Gasteiger partial charge >= 0.3 is 0 Å². The molecule has 7 heteroatoms. The predicted octanol–water partition coefficient (Wildman–Crippen LogP) is 3.04. The number of hydrogen-bond donors (Lipinski definition) is 1. The predicted molar refractivity (Wildman–Crippen MR) is 56.5 cm³/mol. The first-order valence-corrected chi connectivity index (χ1v) is 4.51. The van der Waals surface area contributed by atoms with Crippen molar-refractivity contribution in [3.63, 3.8) is 0 Å². The smallest absolute Gasteiger partial charge is 0.295 e. The summed E-state index contributed by atoms with van der Waals surface area (Å²) in [7, 11) is 0. The highest BCUT2D eigenvalue weighted by Gasteiger charge is 2.21. The van der Waals surface area contributed by atoms with Gasteiger partial charge in [0.2, 0.25) is 0 Å². The molecule has 1 aromatic rings. The fourth-order valence-corrected chi connectivity index (χ4v) is 1.11. The molecule has 16 heavy (non-hydrogen) atoms. The second kappa shape index (κ2) is 4.89. The highest BCUT2D eigenvalue weighted by Crippen LogP contribution is 2.29. The molecule has 0 aliphatic heterocycles. The topological polar surface area (TPSA) is 55.2 Å². The van der Waals surface area contributed by atoms with Crippen LogP contribution in [0.15, 0.2) is 23.7 Å². The van der Waals surface area contributed by atoms with Gasteiger partial charge in [-0.2, -0.15) is 0 Å². The summed E-state index contributed by atoms with van der Waals surface area (Å²) in [6.07, 6.45) is 0. The Morgan fingerprint density at radius 1 is 1.56 bits per heavy atom. The summed E-state index contributed by atoms with van der Waals surface area (Å²) in [5.74, 6) is -2.49. The van der Waals surface area contributed by atoms with Gasteiger partial charge in [0.25, 0.3) is 5.69 Å². The van der Waals surface area contributed by atoms with E-state index in [4.69, 9.17) is 11.6 Å². The molecular weight excluding hydrogens is 242 g/mol. The van der Waals surface area contributed by atoms with Gasteiger partial charge in [-0.3, -0.25) is 10.1 Å². The zero-order valence-electron chi connectivity index (χ0n) is 7.97. The Morgan fingerprint density at radius 2 is 2.19 bits per heavy atom. The number of nitro benzene ring substituents is 1. The van der Waals surface area contributed by atoms with E-state index in [0.717, 1.165) is 6.07 Å². The van der Waals surface area contributed by atoms with E-state index in [1.165, 1.54) is 0 Å². The lowest BCUT2D eigenvalue weighted by Gasteiger charge is -2.07. The largest absolute Gasteiger partial charge is 0.372 e. The van der Waals surface area contributed by atoms with Crippen molar-refractivity contribution in [2.75, 3.05) is 11.9 Å². The minimum absolute atomic E-state index is 0.0945. The average molecular weight is 249 g/mol. The first kappa shape index (κ1) is 12.4. The third-order valence-corrected chi connectivity index (χ3v) is 1.86. The highest BCUT2D eigenvalue weighted by atomic mass is 35.5. The molecule has 0 fully saturated rings. The van der Waals surface area contributed by atoms with Gasteiger partial charge in [0.05, 0.1) is 11.5 Å². The summed E-state index contributed by atoms with van der Waals surface area (Å²) < 4.78 is 26.1. The standard InChI is InChI=1S/C9H7ClF2N2O2/c1-5(10)4-13-9-7(14(15)16)3-2-6(11)8(9)12/h2-3,13H,1,4H2. The van der Waals surface area contributed by atoms with Crippen LogP contribution in [0.25, 0.3) is 0 Å². The second-order valence-electron chi connectivity index (χ2n) is 2.88. The molecule has 0 bridgehead atoms. The molecule has 0 aliphatic carbocycles. The van der Waals surface area contributed by atoms with E-state index >= 15 is 0 Å². The fourth-order valence-electron chi connectivity index (χ4n) is 1.05. The van der Waals surface area contributed by atoms with Crippen LogP contribution in [0, 0.1) is 21.7 Å². The molecule has 0 saturated carbocycles. The van der Waals surface area contributed by atoms with Gasteiger partial charge in [-0.1, -0.05) is 18.2 Å². The summed E-state index contributed by atoms with van der Waals surface area (Å²) in [6, 6.07) is 1.56. The van der Waals surface area contributed by atoms with E-state index in [1.54, 1.807) is 0 Å². The van der Waals surface area contributed by atoms with Crippen molar-refractivity contribution >= 4 is 23.0 Å². The SMILES string of the molecule is C=C(Cl)CNc1c([N+](=O)[O-])ccc(F)c1F. The quantitative estimate of drug-likeness (QED) is 0.658. The Balaban J connectivity index is 3.15. The van der Waals surface area contributed by atoms with E-state index in [1.807, 2.05) is 0 Å². The maximum Gasteiger partial charge on any atom is 0.295 e. The fraction of sp³-hybridized carbons (Fsp3) is 0.111. The number of nitrogens with zero attached hydrogens (tertiary/aromatic N) is 1. The number of benzene rings is 1. The molecule has 0 heterocycles. The van der Waals surface area contributed by atoms with Gasteiger partial charge < -0.3 is 5.32 Å². The van der Waals surface area contributed by atoms with Crippen molar-refractivity contribution in [2.45, 2.75) is 0 Å². The lowest BCUT2D eigenvalue weighted by atomic mass is 10.2. The molecule has 86 valence electrons. The van der Waals surface area contributed by atoms with Crippen molar-refractivity contribution in [1.29, 1.82) is 0 Å². The molecule has 1 N–H and O–H groups in total. The van der Waals surface area contributed by atoms with Gasteiger partial charge in [0, 0.05) is 11.1 Å². The number of nitro groups is 1. The second-order valence-corrected chi connectivity index (χ2v) is 3.42. The van der Waals surface area contributed by atoms with Crippen molar-refractivity contribution in [3.8, 4) is 0 Å². The zero-order chi connectivity index (χ0) is 12.3. The molecule has 0 spiro atoms. The van der Waals surface area contributed by atoms with E-state index in [-0.39, 0.29) is 11.6 Å². The van der Waals surface area contributed by atoms with Crippen molar-refractivity contribution < 1.29 is 13.7 Å². The molecule has 0 amide bonds. The molecule has 0 aromatic heterocycles. The Labute approximate surface area is 94.7 Å². The van der Waals surface area contributed by atoms with Gasteiger partial charge in [-0.25, -0.2) is 8.78 Å². The maximum absolute atomic E-state index is 13.3. The van der Waals surface area contributed by atoms with Crippen molar-refractivity contribution in [2.24, 2.45) is 0 Å². The zero-order valence-corrected chi connectivity index (χ0v) is 8.72. The van der Waals surface area contributed by atoms with Crippen LogP contribution in [-0.2, 0) is 0 Å². The minimum atomic E-state index is -1.31. The minimum Gasteiger partial charge on any atom is -0.372 e. The normalized spacial score (nSPS) is 9.94. The molecule has 4 nitrogen and oxygen atoms in total. The van der Waals surface area contributed by atoms with Gasteiger partial charge in [0.1, 0.15) is 0 Å². The van der Waals surface area contributed by atoms with Gasteiger partial charge in [0.15, 0.2) is 17.3 Å². The lowest BCUT2D eigenvalue weighted by molar-refractivity contribution is -0.384. The number of anilines is 1. The van der Waals surface area contributed by atoms with Crippen LogP contribution in [0.1, 0.15) is 0 Å². The van der Waals surface area contributed by atoms with E-state index in [2.05, 4.69) is 11.9 Å². The molecular formula is C9H7ClF2N2O2. The van der Waals surface area contributed by atoms with Crippen LogP contribution in [0.3, 0.4) is 0 Å². The van der Waals surface area contributed by atoms with Crippen LogP contribution in [0.4, 0.5) is 20.2 Å². The van der Waals surface area contributed by atoms with E-state index in [0.29, 0.717) is 6.07 Å². The Bertz CT molecular complexity index is 451. The van der Waals surface area contributed by atoms with Crippen LogP contribution in [0.5, 0.6) is 0 Å². The van der Waals surface area contributed by atoms with E-state index < -0.39 is 27.9 Å². The molecule has 1 rings (SSSR count). The average Bonchev–Trinajstić information content (AvgIpc) is 2.19. The summed E-state index contributed by atoms with van der Waals surface area (Å²) >= 11 is 5.41. The molecule has 0 atom stereocenters. The molecule has 0 aliphatic rings. The molecule has 0 unspecified atom stereocenters. The molecule has 0 saturated heterocycles. The summed E-state index contributed by atoms with van der Waals surface area (Å²) in [4.78, 5) is 9.73. The van der Waals surface area contributed by atoms with Crippen LogP contribution in [-0.4, -0.2) is 11.5 Å². The third kappa shape index (κ3) is 2.66. The first-order chi connectivity index (χ1) is 7.43. The monoisotopic (exact) mass is 248 g/mol. The maximum atomic E-state index is 13.3. The Hall–Kier alpha value is -1.69. The van der Waals surface area contributed by atoms with Gasteiger partial charge in [-0.05, 0) is 6.07 Å².